The summed E-state index contributed by atoms with van der Waals surface area (Å²) in [6, 6.07) is 0. The van der Waals surface area contributed by atoms with Crippen LogP contribution in [0, 0.1) is 5.92 Å². The molecule has 1 saturated heterocycles. The van der Waals surface area contributed by atoms with Crippen LogP contribution in [0.3, 0.4) is 0 Å². The number of hydrogen-bond acceptors (Lipinski definition) is 6. The molecule has 0 aromatic rings. The Morgan fingerprint density at radius 3 is 2.35 bits per heavy atom. The second-order valence-electron chi connectivity index (χ2n) is 4.44. The molecule has 7 heteroatoms. The zero-order chi connectivity index (χ0) is 13.2. The molecule has 6 N–H and O–H groups in total. The van der Waals surface area contributed by atoms with Crippen molar-refractivity contribution in [3.05, 3.63) is 0 Å². The highest BCUT2D eigenvalue weighted by molar-refractivity contribution is 5.74. The van der Waals surface area contributed by atoms with Crippen LogP contribution in [-0.4, -0.2) is 63.5 Å². The van der Waals surface area contributed by atoms with Crippen molar-refractivity contribution < 1.29 is 30.0 Å². The number of carbonyl (C=O) groups excluding carboxylic acids is 1. The Balaban J connectivity index is 2.74. The molecule has 7 nitrogen and oxygen atoms in total. The molecule has 0 aromatic carbocycles. The van der Waals surface area contributed by atoms with E-state index < -0.39 is 49.0 Å². The Morgan fingerprint density at radius 1 is 1.29 bits per heavy atom. The molecule has 1 aliphatic rings. The Hall–Kier alpha value is -0.730. The second-order valence-corrected chi connectivity index (χ2v) is 4.44. The minimum atomic E-state index is -1.42. The van der Waals surface area contributed by atoms with Gasteiger partial charge in [0.05, 0.1) is 12.7 Å². The van der Waals surface area contributed by atoms with Gasteiger partial charge >= 0.3 is 0 Å². The predicted molar refractivity (Wildman–Crippen MR) is 56.7 cm³/mol. The van der Waals surface area contributed by atoms with E-state index in [-0.39, 0.29) is 6.42 Å². The van der Waals surface area contributed by atoms with E-state index in [9.17, 15) is 20.1 Å². The van der Waals surface area contributed by atoms with Gasteiger partial charge in [-0.3, -0.25) is 4.79 Å². The number of hydrogen-bond donors (Lipinski definition) is 5. The van der Waals surface area contributed by atoms with Gasteiger partial charge in [0, 0.05) is 6.42 Å². The van der Waals surface area contributed by atoms with Crippen LogP contribution in [0.2, 0.25) is 0 Å². The van der Waals surface area contributed by atoms with Gasteiger partial charge in [0.1, 0.15) is 24.4 Å². The van der Waals surface area contributed by atoms with Crippen molar-refractivity contribution in [3.8, 4) is 0 Å². The molecule has 0 bridgehead atoms. The van der Waals surface area contributed by atoms with Crippen LogP contribution in [0.5, 0.6) is 0 Å². The molecule has 0 aromatic heterocycles. The first-order chi connectivity index (χ1) is 7.88. The van der Waals surface area contributed by atoms with Gasteiger partial charge in [-0.05, 0) is 5.92 Å². The summed E-state index contributed by atoms with van der Waals surface area (Å²) in [5.41, 5.74) is 5.04. The lowest BCUT2D eigenvalue weighted by Crippen LogP contribution is -2.60. The van der Waals surface area contributed by atoms with Crippen molar-refractivity contribution in [2.24, 2.45) is 11.7 Å². The van der Waals surface area contributed by atoms with Crippen LogP contribution in [0.15, 0.2) is 0 Å². The van der Waals surface area contributed by atoms with Crippen molar-refractivity contribution in [3.63, 3.8) is 0 Å². The van der Waals surface area contributed by atoms with Gasteiger partial charge in [-0.2, -0.15) is 0 Å². The number of primary amides is 1. The molecule has 2 unspecified atom stereocenters. The summed E-state index contributed by atoms with van der Waals surface area (Å²) < 4.78 is 5.28. The highest BCUT2D eigenvalue weighted by atomic mass is 16.5. The van der Waals surface area contributed by atoms with Gasteiger partial charge in [0.15, 0.2) is 0 Å². The van der Waals surface area contributed by atoms with Crippen molar-refractivity contribution in [2.75, 3.05) is 6.61 Å². The molecule has 1 fully saturated rings. The van der Waals surface area contributed by atoms with Gasteiger partial charge in [-0.15, -0.1) is 0 Å². The van der Waals surface area contributed by atoms with Crippen LogP contribution in [0.4, 0.5) is 0 Å². The van der Waals surface area contributed by atoms with Gasteiger partial charge in [-0.1, -0.05) is 6.92 Å². The third-order valence-electron chi connectivity index (χ3n) is 3.01. The molecule has 0 saturated carbocycles. The highest BCUT2D eigenvalue weighted by Crippen LogP contribution is 2.27. The molecular weight excluding hydrogens is 230 g/mol. The molecule has 0 spiro atoms. The number of aliphatic hydroxyl groups excluding tert-OH is 4. The van der Waals surface area contributed by atoms with E-state index in [1.807, 2.05) is 0 Å². The van der Waals surface area contributed by atoms with E-state index in [1.165, 1.54) is 0 Å². The molecule has 1 rings (SSSR count). The Labute approximate surface area is 98.8 Å². The first-order valence-corrected chi connectivity index (χ1v) is 5.47. The molecule has 6 atom stereocenters. The fraction of sp³-hybridized carbons (Fsp3) is 0.900. The van der Waals surface area contributed by atoms with Crippen LogP contribution in [0.1, 0.15) is 13.3 Å². The summed E-state index contributed by atoms with van der Waals surface area (Å²) in [7, 11) is 0. The molecule has 100 valence electrons. The number of nitrogens with two attached hydrogens (primary N) is 1. The largest absolute Gasteiger partial charge is 0.394 e. The zero-order valence-electron chi connectivity index (χ0n) is 9.56. The lowest BCUT2D eigenvalue weighted by molar-refractivity contribution is -0.239. The summed E-state index contributed by atoms with van der Waals surface area (Å²) in [5, 5.41) is 37.8. The number of ether oxygens (including phenoxy) is 1. The SMILES string of the molecule is CC(CC(N)=O)C1O[C@H](CO)[C@@H](O)[C@H](O)[C@H]1O. The molecule has 1 amide bonds. The minimum absolute atomic E-state index is 0.0112. The predicted octanol–water partition coefficient (Wildman–Crippen LogP) is -2.66. The standard InChI is InChI=1S/C10H19NO6/c1-4(2-6(11)13)10-9(16)8(15)7(14)5(3-12)17-10/h4-5,7-10,12,14-16H,2-3H2,1H3,(H2,11,13)/t4?,5-,7-,8+,9-,10?/m1/s1. The summed E-state index contributed by atoms with van der Waals surface area (Å²) in [6.07, 6.45) is -5.93. The van der Waals surface area contributed by atoms with Crippen LogP contribution in [-0.2, 0) is 9.53 Å². The number of aliphatic hydroxyl groups is 4. The first-order valence-electron chi connectivity index (χ1n) is 5.47. The van der Waals surface area contributed by atoms with Crippen LogP contribution in [0.25, 0.3) is 0 Å². The topological polar surface area (TPSA) is 133 Å². The normalized spacial score (nSPS) is 39.9. The Kier molecular flexibility index (Phi) is 4.84. The lowest BCUT2D eigenvalue weighted by Gasteiger charge is -2.42. The van der Waals surface area contributed by atoms with E-state index in [1.54, 1.807) is 6.92 Å². The average Bonchev–Trinajstić information content (AvgIpc) is 2.25. The van der Waals surface area contributed by atoms with Gasteiger partial charge in [0.2, 0.25) is 5.91 Å². The van der Waals surface area contributed by atoms with Gasteiger partial charge < -0.3 is 30.9 Å². The first kappa shape index (κ1) is 14.3. The van der Waals surface area contributed by atoms with Gasteiger partial charge in [-0.25, -0.2) is 0 Å². The molecular formula is C10H19NO6. The second kappa shape index (κ2) is 5.74. The fourth-order valence-electron chi connectivity index (χ4n) is 2.03. The van der Waals surface area contributed by atoms with Crippen LogP contribution >= 0.6 is 0 Å². The average molecular weight is 249 g/mol. The lowest BCUT2D eigenvalue weighted by atomic mass is 9.87. The number of amides is 1. The maximum absolute atomic E-state index is 10.8. The summed E-state index contributed by atoms with van der Waals surface area (Å²) >= 11 is 0. The summed E-state index contributed by atoms with van der Waals surface area (Å²) in [5.74, 6) is -0.965. The molecule has 17 heavy (non-hydrogen) atoms. The van der Waals surface area contributed by atoms with E-state index in [0.29, 0.717) is 0 Å². The number of rotatable bonds is 4. The van der Waals surface area contributed by atoms with E-state index in [4.69, 9.17) is 15.6 Å². The summed E-state index contributed by atoms with van der Waals surface area (Å²) in [6.45, 7) is 1.16. The molecule has 0 aliphatic carbocycles. The van der Waals surface area contributed by atoms with Crippen LogP contribution < -0.4 is 5.73 Å². The smallest absolute Gasteiger partial charge is 0.217 e. The molecule has 0 radical (unpaired) electrons. The Morgan fingerprint density at radius 2 is 1.88 bits per heavy atom. The fourth-order valence-corrected chi connectivity index (χ4v) is 2.03. The van der Waals surface area contributed by atoms with E-state index in [0.717, 1.165) is 0 Å². The third-order valence-corrected chi connectivity index (χ3v) is 3.01. The summed E-state index contributed by atoms with van der Waals surface area (Å²) in [4.78, 5) is 10.8. The van der Waals surface area contributed by atoms with E-state index in [2.05, 4.69) is 0 Å². The van der Waals surface area contributed by atoms with E-state index >= 15 is 0 Å². The van der Waals surface area contributed by atoms with Gasteiger partial charge in [0.25, 0.3) is 0 Å². The highest BCUT2D eigenvalue weighted by Gasteiger charge is 2.45. The quantitative estimate of drug-likeness (QED) is 0.369. The van der Waals surface area contributed by atoms with Crippen molar-refractivity contribution >= 4 is 5.91 Å². The maximum atomic E-state index is 10.8. The monoisotopic (exact) mass is 249 g/mol. The zero-order valence-corrected chi connectivity index (χ0v) is 9.56. The third kappa shape index (κ3) is 3.14. The molecule has 1 heterocycles. The minimum Gasteiger partial charge on any atom is -0.394 e. The molecule has 1 aliphatic heterocycles. The Bertz CT molecular complexity index is 272. The van der Waals surface area contributed by atoms with Crippen molar-refractivity contribution in [1.82, 2.24) is 0 Å². The number of carbonyl (C=O) groups is 1. The maximum Gasteiger partial charge on any atom is 0.217 e. The van der Waals surface area contributed by atoms with Crippen molar-refractivity contribution in [1.29, 1.82) is 0 Å². The van der Waals surface area contributed by atoms with Crippen molar-refractivity contribution in [2.45, 2.75) is 43.9 Å².